The fourth-order valence-electron chi connectivity index (χ4n) is 2.84. The van der Waals surface area contributed by atoms with Crippen molar-refractivity contribution in [3.05, 3.63) is 24.3 Å². The molecule has 0 unspecified atom stereocenters. The van der Waals surface area contributed by atoms with Crippen LogP contribution in [0, 0.1) is 5.41 Å². The third kappa shape index (κ3) is 2.98. The predicted molar refractivity (Wildman–Crippen MR) is 81.1 cm³/mol. The molecule has 1 heterocycles. The van der Waals surface area contributed by atoms with E-state index >= 15 is 0 Å². The van der Waals surface area contributed by atoms with Crippen LogP contribution in [-0.4, -0.2) is 20.2 Å². The molecule has 0 radical (unpaired) electrons. The van der Waals surface area contributed by atoms with Gasteiger partial charge in [0.15, 0.2) is 5.82 Å². The Morgan fingerprint density at radius 2 is 1.75 bits per heavy atom. The van der Waals surface area contributed by atoms with E-state index in [9.17, 15) is 0 Å². The molecule has 2 aromatic rings. The monoisotopic (exact) mass is 273 g/mol. The Labute approximate surface area is 120 Å². The Kier molecular flexibility index (Phi) is 3.54. The van der Waals surface area contributed by atoms with Gasteiger partial charge in [0.1, 0.15) is 0 Å². The molecular formula is C15H23N5. The second-order valence-electron chi connectivity index (χ2n) is 7.05. The maximum atomic E-state index is 6.04. The van der Waals surface area contributed by atoms with E-state index in [1.165, 1.54) is 0 Å². The molecule has 0 aliphatic rings. The van der Waals surface area contributed by atoms with Crippen molar-refractivity contribution in [3.8, 4) is 11.4 Å². The number of hydrogen-bond acceptors (Lipinski definition) is 4. The summed E-state index contributed by atoms with van der Waals surface area (Å²) in [4.78, 5) is 0. The van der Waals surface area contributed by atoms with Gasteiger partial charge >= 0.3 is 0 Å². The van der Waals surface area contributed by atoms with E-state index in [-0.39, 0.29) is 11.0 Å². The Balaban J connectivity index is 2.46. The van der Waals surface area contributed by atoms with Crippen molar-refractivity contribution in [3.63, 3.8) is 0 Å². The van der Waals surface area contributed by atoms with Gasteiger partial charge in [-0.3, -0.25) is 0 Å². The van der Waals surface area contributed by atoms with Gasteiger partial charge in [0, 0.05) is 11.3 Å². The molecule has 2 N–H and O–H groups in total. The summed E-state index contributed by atoms with van der Waals surface area (Å²) in [6, 6.07) is 7.67. The number of hydrogen-bond donors (Lipinski definition) is 1. The summed E-state index contributed by atoms with van der Waals surface area (Å²) in [6.07, 6.45) is 0.963. The van der Waals surface area contributed by atoms with Crippen LogP contribution in [0.25, 0.3) is 11.4 Å². The van der Waals surface area contributed by atoms with Crippen molar-refractivity contribution in [2.45, 2.75) is 46.6 Å². The van der Waals surface area contributed by atoms with E-state index in [1.54, 1.807) is 0 Å². The minimum absolute atomic E-state index is 0.181. The quantitative estimate of drug-likeness (QED) is 0.872. The molecule has 0 saturated heterocycles. The van der Waals surface area contributed by atoms with Gasteiger partial charge in [0.25, 0.3) is 0 Å². The lowest BCUT2D eigenvalue weighted by Crippen LogP contribution is -2.33. The molecule has 0 spiro atoms. The maximum Gasteiger partial charge on any atom is 0.184 e. The standard InChI is InChI=1S/C15H23N5/c1-14(2,3)10-15(4,5)20-13(17-18-19-20)11-8-6-7-9-12(11)16/h6-9H,10,16H2,1-5H3. The average Bonchev–Trinajstić information content (AvgIpc) is 2.75. The first-order valence-corrected chi connectivity index (χ1v) is 6.84. The van der Waals surface area contributed by atoms with Gasteiger partial charge in [-0.1, -0.05) is 32.9 Å². The first-order chi connectivity index (χ1) is 9.21. The second-order valence-corrected chi connectivity index (χ2v) is 7.05. The van der Waals surface area contributed by atoms with E-state index in [0.29, 0.717) is 5.69 Å². The van der Waals surface area contributed by atoms with Crippen molar-refractivity contribution >= 4 is 5.69 Å². The molecule has 0 amide bonds. The highest BCUT2D eigenvalue weighted by atomic mass is 15.6. The van der Waals surface area contributed by atoms with Crippen LogP contribution in [-0.2, 0) is 5.54 Å². The highest BCUT2D eigenvalue weighted by Crippen LogP contribution is 2.34. The SMILES string of the molecule is CC(C)(C)CC(C)(C)n1nnnc1-c1ccccc1N. The summed E-state index contributed by atoms with van der Waals surface area (Å²) in [5.41, 5.74) is 7.61. The molecular weight excluding hydrogens is 250 g/mol. The smallest absolute Gasteiger partial charge is 0.184 e. The zero-order valence-corrected chi connectivity index (χ0v) is 12.9. The molecule has 0 aliphatic carbocycles. The van der Waals surface area contributed by atoms with Gasteiger partial charge in [-0.25, -0.2) is 4.68 Å². The number of nitrogens with zero attached hydrogens (tertiary/aromatic N) is 4. The van der Waals surface area contributed by atoms with E-state index < -0.39 is 0 Å². The van der Waals surface area contributed by atoms with Crippen molar-refractivity contribution < 1.29 is 0 Å². The van der Waals surface area contributed by atoms with Crippen molar-refractivity contribution in [1.82, 2.24) is 20.2 Å². The van der Waals surface area contributed by atoms with Crippen molar-refractivity contribution in [1.29, 1.82) is 0 Å². The number of nitrogens with two attached hydrogens (primary N) is 1. The van der Waals surface area contributed by atoms with E-state index in [2.05, 4.69) is 50.1 Å². The molecule has 20 heavy (non-hydrogen) atoms. The third-order valence-corrected chi connectivity index (χ3v) is 3.21. The Morgan fingerprint density at radius 1 is 1.10 bits per heavy atom. The lowest BCUT2D eigenvalue weighted by atomic mass is 9.82. The summed E-state index contributed by atoms with van der Waals surface area (Å²) in [5.74, 6) is 0.720. The largest absolute Gasteiger partial charge is 0.398 e. The number of benzene rings is 1. The first kappa shape index (κ1) is 14.5. The normalized spacial score (nSPS) is 12.7. The van der Waals surface area contributed by atoms with Crippen LogP contribution in [0.5, 0.6) is 0 Å². The lowest BCUT2D eigenvalue weighted by Gasteiger charge is -2.32. The molecule has 0 bridgehead atoms. The maximum absolute atomic E-state index is 6.04. The van der Waals surface area contributed by atoms with Crippen LogP contribution in [0.2, 0.25) is 0 Å². The Morgan fingerprint density at radius 3 is 2.35 bits per heavy atom. The van der Waals surface area contributed by atoms with Crippen molar-refractivity contribution in [2.24, 2.45) is 5.41 Å². The van der Waals surface area contributed by atoms with Gasteiger partial charge in [-0.05, 0) is 48.2 Å². The molecule has 5 nitrogen and oxygen atoms in total. The Hall–Kier alpha value is -1.91. The summed E-state index contributed by atoms with van der Waals surface area (Å²) >= 11 is 0. The van der Waals surface area contributed by atoms with Crippen LogP contribution in [0.15, 0.2) is 24.3 Å². The van der Waals surface area contributed by atoms with Crippen LogP contribution in [0.1, 0.15) is 41.0 Å². The van der Waals surface area contributed by atoms with Crippen LogP contribution in [0.4, 0.5) is 5.69 Å². The molecule has 1 aromatic carbocycles. The molecule has 108 valence electrons. The summed E-state index contributed by atoms with van der Waals surface area (Å²) in [6.45, 7) is 11.0. The van der Waals surface area contributed by atoms with Gasteiger partial charge in [0.2, 0.25) is 0 Å². The number of rotatable bonds is 3. The zero-order valence-electron chi connectivity index (χ0n) is 12.9. The lowest BCUT2D eigenvalue weighted by molar-refractivity contribution is 0.197. The number of nitrogen functional groups attached to an aromatic ring is 1. The molecule has 5 heteroatoms. The molecule has 2 rings (SSSR count). The van der Waals surface area contributed by atoms with Gasteiger partial charge in [-0.2, -0.15) is 0 Å². The van der Waals surface area contributed by atoms with Crippen LogP contribution >= 0.6 is 0 Å². The summed E-state index contributed by atoms with van der Waals surface area (Å²) < 4.78 is 1.88. The zero-order chi connectivity index (χ0) is 15.0. The first-order valence-electron chi connectivity index (χ1n) is 6.84. The molecule has 0 aliphatic heterocycles. The van der Waals surface area contributed by atoms with E-state index in [0.717, 1.165) is 17.8 Å². The summed E-state index contributed by atoms with van der Waals surface area (Å²) in [5, 5.41) is 12.2. The van der Waals surface area contributed by atoms with E-state index in [1.807, 2.05) is 28.9 Å². The summed E-state index contributed by atoms with van der Waals surface area (Å²) in [7, 11) is 0. The van der Waals surface area contributed by atoms with E-state index in [4.69, 9.17) is 5.73 Å². The number of aromatic nitrogens is 4. The number of anilines is 1. The van der Waals surface area contributed by atoms with Gasteiger partial charge in [-0.15, -0.1) is 5.10 Å². The molecule has 0 fully saturated rings. The topological polar surface area (TPSA) is 69.6 Å². The predicted octanol–water partition coefficient (Wildman–Crippen LogP) is 3.09. The molecule has 0 atom stereocenters. The second kappa shape index (κ2) is 4.89. The van der Waals surface area contributed by atoms with Crippen molar-refractivity contribution in [2.75, 3.05) is 5.73 Å². The highest BCUT2D eigenvalue weighted by molar-refractivity contribution is 5.71. The Bertz CT molecular complexity index is 592. The van der Waals surface area contributed by atoms with Gasteiger partial charge in [0.05, 0.1) is 5.54 Å². The van der Waals surface area contributed by atoms with Crippen LogP contribution < -0.4 is 5.73 Å². The fourth-order valence-corrected chi connectivity index (χ4v) is 2.84. The third-order valence-electron chi connectivity index (χ3n) is 3.21. The number of tetrazole rings is 1. The van der Waals surface area contributed by atoms with Crippen LogP contribution in [0.3, 0.4) is 0 Å². The minimum atomic E-state index is -0.181. The fraction of sp³-hybridized carbons (Fsp3) is 0.533. The minimum Gasteiger partial charge on any atom is -0.398 e. The highest BCUT2D eigenvalue weighted by Gasteiger charge is 2.31. The molecule has 0 saturated carbocycles. The number of para-hydroxylation sites is 1. The van der Waals surface area contributed by atoms with Gasteiger partial charge < -0.3 is 5.73 Å². The average molecular weight is 273 g/mol. The molecule has 1 aromatic heterocycles.